The number of carbonyl (C=O) groups excluding carboxylic acids is 2. The first-order valence-electron chi connectivity index (χ1n) is 5.67. The van der Waals surface area contributed by atoms with Crippen LogP contribution in [0.5, 0.6) is 0 Å². The molecule has 1 aliphatic rings. The summed E-state index contributed by atoms with van der Waals surface area (Å²) < 4.78 is 10.4. The molecular weight excluding hydrogens is 299 g/mol. The molecule has 4 nitrogen and oxygen atoms in total. The number of rotatable bonds is 2. The summed E-state index contributed by atoms with van der Waals surface area (Å²) in [5.74, 6) is -0.961. The monoisotopic (exact) mass is 316 g/mol. The molecule has 1 atom stereocenters. The molecule has 0 N–H and O–H groups in total. The zero-order chi connectivity index (χ0) is 13.4. The molecule has 18 heavy (non-hydrogen) atoms. The minimum atomic E-state index is -0.730. The molecule has 0 saturated carbocycles. The van der Waals surface area contributed by atoms with E-state index in [1.165, 1.54) is 16.7 Å². The van der Waals surface area contributed by atoms with Gasteiger partial charge in [0.05, 0.1) is 0 Å². The van der Waals surface area contributed by atoms with Crippen LogP contribution in [-0.2, 0) is 19.1 Å². The van der Waals surface area contributed by atoms with Gasteiger partial charge in [0.2, 0.25) is 0 Å². The van der Waals surface area contributed by atoms with Crippen LogP contribution in [0.2, 0.25) is 5.32 Å². The molecule has 0 bridgehead atoms. The minimum absolute atomic E-state index is 0.247. The second kappa shape index (κ2) is 7.90. The van der Waals surface area contributed by atoms with Crippen molar-refractivity contribution in [1.29, 1.82) is 0 Å². The summed E-state index contributed by atoms with van der Waals surface area (Å²) in [7, 11) is 0. The average Bonchev–Trinajstić information content (AvgIpc) is 2.37. The standard InChI is InChI=1S/C8H10Se.C5H6O4/c1-2-9-8-6-4-3-5-7-8;1-3-5(7)8-2-4(6)9-3/h3-7H,2H2,1H3;3H,2H2,1H3. The zero-order valence-corrected chi connectivity index (χ0v) is 12.1. The summed E-state index contributed by atoms with van der Waals surface area (Å²) in [4.78, 5) is 20.8. The van der Waals surface area contributed by atoms with E-state index in [4.69, 9.17) is 0 Å². The SMILES string of the molecule is CC1OC(=O)COC1=O.CC[Se]c1ccccc1. The molecule has 0 aromatic heterocycles. The van der Waals surface area contributed by atoms with Crippen LogP contribution in [0.3, 0.4) is 0 Å². The summed E-state index contributed by atoms with van der Waals surface area (Å²) >= 11 is 0.710. The van der Waals surface area contributed by atoms with Crippen LogP contribution in [0.1, 0.15) is 13.8 Å². The number of hydrogen-bond donors (Lipinski definition) is 0. The van der Waals surface area contributed by atoms with E-state index in [-0.39, 0.29) is 6.61 Å². The second-order valence-corrected chi connectivity index (χ2v) is 6.29. The number of ether oxygens (including phenoxy) is 2. The van der Waals surface area contributed by atoms with Crippen molar-refractivity contribution in [2.45, 2.75) is 25.3 Å². The van der Waals surface area contributed by atoms with Gasteiger partial charge in [-0.1, -0.05) is 0 Å². The van der Waals surface area contributed by atoms with E-state index in [1.807, 2.05) is 0 Å². The van der Waals surface area contributed by atoms with Gasteiger partial charge in [-0.25, -0.2) is 9.59 Å². The molecule has 1 saturated heterocycles. The number of cyclic esters (lactones) is 2. The van der Waals surface area contributed by atoms with E-state index in [1.54, 1.807) is 0 Å². The molecule has 0 spiro atoms. The Balaban J connectivity index is 0.000000180. The molecular formula is C13H16O4Se. The first kappa shape index (κ1) is 14.7. The van der Waals surface area contributed by atoms with Crippen LogP contribution in [0.15, 0.2) is 30.3 Å². The van der Waals surface area contributed by atoms with Crippen LogP contribution in [-0.4, -0.2) is 39.6 Å². The van der Waals surface area contributed by atoms with E-state index in [0.717, 1.165) is 0 Å². The fraction of sp³-hybridized carbons (Fsp3) is 0.385. The zero-order valence-electron chi connectivity index (χ0n) is 10.4. The van der Waals surface area contributed by atoms with E-state index < -0.39 is 18.0 Å². The predicted octanol–water partition coefficient (Wildman–Crippen LogP) is 0.929. The average molecular weight is 315 g/mol. The van der Waals surface area contributed by atoms with Gasteiger partial charge in [0.15, 0.2) is 12.7 Å². The molecule has 1 aliphatic heterocycles. The van der Waals surface area contributed by atoms with Crippen LogP contribution >= 0.6 is 0 Å². The summed E-state index contributed by atoms with van der Waals surface area (Å²) in [5, 5.41) is 1.30. The number of esters is 2. The predicted molar refractivity (Wildman–Crippen MR) is 68.8 cm³/mol. The van der Waals surface area contributed by atoms with Crippen LogP contribution in [0.25, 0.3) is 0 Å². The van der Waals surface area contributed by atoms with Crippen molar-refractivity contribution in [2.24, 2.45) is 0 Å². The molecule has 1 unspecified atom stereocenters. The second-order valence-electron chi connectivity index (χ2n) is 3.49. The third-order valence-corrected chi connectivity index (χ3v) is 3.90. The number of carbonyl (C=O) groups is 2. The van der Waals surface area contributed by atoms with E-state index in [2.05, 4.69) is 46.7 Å². The van der Waals surface area contributed by atoms with Gasteiger partial charge in [0, 0.05) is 0 Å². The maximum atomic E-state index is 10.4. The van der Waals surface area contributed by atoms with E-state index in [0.29, 0.717) is 15.0 Å². The summed E-state index contributed by atoms with van der Waals surface area (Å²) in [6, 6.07) is 10.7. The number of hydrogen-bond acceptors (Lipinski definition) is 4. The summed E-state index contributed by atoms with van der Waals surface area (Å²) in [5.41, 5.74) is 0. The summed E-state index contributed by atoms with van der Waals surface area (Å²) in [6.07, 6.45) is -0.730. The molecule has 0 amide bonds. The molecule has 1 aromatic carbocycles. The first-order chi connectivity index (χ1) is 8.63. The molecule has 0 radical (unpaired) electrons. The maximum absolute atomic E-state index is 10.4. The van der Waals surface area contributed by atoms with Crippen LogP contribution in [0, 0.1) is 0 Å². The van der Waals surface area contributed by atoms with Crippen LogP contribution < -0.4 is 4.46 Å². The van der Waals surface area contributed by atoms with Gasteiger partial charge in [0.25, 0.3) is 0 Å². The molecule has 98 valence electrons. The van der Waals surface area contributed by atoms with Gasteiger partial charge in [-0.15, -0.1) is 0 Å². The van der Waals surface area contributed by atoms with Crippen molar-refractivity contribution in [1.82, 2.24) is 0 Å². The van der Waals surface area contributed by atoms with Gasteiger partial charge < -0.3 is 9.47 Å². The first-order valence-corrected chi connectivity index (χ1v) is 7.74. The Bertz CT molecular complexity index is 391. The Morgan fingerprint density at radius 3 is 2.44 bits per heavy atom. The molecule has 1 heterocycles. The Morgan fingerprint density at radius 2 is 1.94 bits per heavy atom. The topological polar surface area (TPSA) is 52.6 Å². The number of benzene rings is 1. The van der Waals surface area contributed by atoms with Gasteiger partial charge in [-0.05, 0) is 6.92 Å². The van der Waals surface area contributed by atoms with Crippen molar-refractivity contribution in [3.05, 3.63) is 30.3 Å². The molecule has 2 rings (SSSR count). The summed E-state index contributed by atoms with van der Waals surface area (Å²) in [6.45, 7) is 3.45. The van der Waals surface area contributed by atoms with Crippen molar-refractivity contribution < 1.29 is 19.1 Å². The van der Waals surface area contributed by atoms with Gasteiger partial charge in [-0.2, -0.15) is 0 Å². The Morgan fingerprint density at radius 1 is 1.28 bits per heavy atom. The quantitative estimate of drug-likeness (QED) is 0.602. The molecule has 1 fully saturated rings. The van der Waals surface area contributed by atoms with Crippen LogP contribution in [0.4, 0.5) is 0 Å². The van der Waals surface area contributed by atoms with Crippen molar-refractivity contribution in [2.75, 3.05) is 6.61 Å². The van der Waals surface area contributed by atoms with Crippen molar-refractivity contribution >= 4 is 31.4 Å². The van der Waals surface area contributed by atoms with Crippen molar-refractivity contribution in [3.63, 3.8) is 0 Å². The van der Waals surface area contributed by atoms with Gasteiger partial charge >= 0.3 is 73.9 Å². The fourth-order valence-electron chi connectivity index (χ4n) is 1.21. The molecule has 0 aliphatic carbocycles. The Hall–Kier alpha value is -1.32. The fourth-order valence-corrected chi connectivity index (χ4v) is 2.64. The third-order valence-electron chi connectivity index (χ3n) is 2.03. The third kappa shape index (κ3) is 5.34. The Kier molecular flexibility index (Phi) is 6.47. The van der Waals surface area contributed by atoms with Gasteiger partial charge in [-0.3, -0.25) is 0 Å². The van der Waals surface area contributed by atoms with Gasteiger partial charge in [0.1, 0.15) is 0 Å². The normalized spacial score (nSPS) is 18.2. The van der Waals surface area contributed by atoms with Crippen molar-refractivity contribution in [3.8, 4) is 0 Å². The molecule has 5 heteroatoms. The van der Waals surface area contributed by atoms with E-state index >= 15 is 0 Å². The Labute approximate surface area is 113 Å². The van der Waals surface area contributed by atoms with E-state index in [9.17, 15) is 9.59 Å². The molecule has 1 aromatic rings.